The minimum atomic E-state index is -0.0639. The molecule has 0 aliphatic rings. The van der Waals surface area contributed by atoms with Crippen LogP contribution in [0.4, 0.5) is 0 Å². The Bertz CT molecular complexity index is 1010. The summed E-state index contributed by atoms with van der Waals surface area (Å²) in [7, 11) is 3.41. The second-order valence-corrected chi connectivity index (χ2v) is 7.92. The number of nitrogens with zero attached hydrogens (tertiary/aromatic N) is 4. The van der Waals surface area contributed by atoms with Crippen LogP contribution >= 0.6 is 0 Å². The van der Waals surface area contributed by atoms with Crippen LogP contribution in [0.3, 0.4) is 0 Å². The first-order valence-electron chi connectivity index (χ1n) is 10.2. The lowest BCUT2D eigenvalue weighted by Gasteiger charge is -2.19. The Hall–Kier alpha value is -3.09. The Morgan fingerprint density at radius 3 is 2.40 bits per heavy atom. The molecule has 0 saturated heterocycles. The maximum atomic E-state index is 13.2. The van der Waals surface area contributed by atoms with E-state index in [1.807, 2.05) is 35.0 Å². The molecular formula is C23H30N4O3. The van der Waals surface area contributed by atoms with Crippen LogP contribution in [0.1, 0.15) is 55.7 Å². The molecule has 1 aromatic carbocycles. The second kappa shape index (κ2) is 9.15. The van der Waals surface area contributed by atoms with E-state index in [-0.39, 0.29) is 17.9 Å². The average Bonchev–Trinajstić information content (AvgIpc) is 3.17. The molecule has 3 aromatic rings. The summed E-state index contributed by atoms with van der Waals surface area (Å²) in [6.07, 6.45) is 1.74. The number of amides is 1. The van der Waals surface area contributed by atoms with E-state index in [2.05, 4.69) is 32.8 Å². The molecule has 3 rings (SSSR count). The first-order chi connectivity index (χ1) is 14.3. The lowest BCUT2D eigenvalue weighted by Crippen LogP contribution is -2.31. The van der Waals surface area contributed by atoms with E-state index in [9.17, 15) is 4.79 Å². The lowest BCUT2D eigenvalue weighted by molar-refractivity contribution is 0.0775. The molecule has 0 N–H and O–H groups in total. The number of likely N-dealkylation sites (N-methyl/N-ethyl adjacent to an activating group) is 1. The molecule has 160 valence electrons. The van der Waals surface area contributed by atoms with Crippen LogP contribution in [0.15, 0.2) is 36.5 Å². The molecule has 0 unspecified atom stereocenters. The van der Waals surface area contributed by atoms with Crippen molar-refractivity contribution in [2.45, 2.75) is 39.7 Å². The van der Waals surface area contributed by atoms with E-state index >= 15 is 0 Å². The highest BCUT2D eigenvalue weighted by Gasteiger charge is 2.21. The number of carbonyl (C=O) groups is 1. The van der Waals surface area contributed by atoms with Crippen LogP contribution in [0.25, 0.3) is 11.0 Å². The maximum absolute atomic E-state index is 13.2. The largest absolute Gasteiger partial charge is 0.497 e. The van der Waals surface area contributed by atoms with E-state index in [1.165, 1.54) is 0 Å². The van der Waals surface area contributed by atoms with Gasteiger partial charge in [-0.3, -0.25) is 4.79 Å². The van der Waals surface area contributed by atoms with Gasteiger partial charge in [-0.2, -0.15) is 5.10 Å². The van der Waals surface area contributed by atoms with Crippen molar-refractivity contribution in [1.82, 2.24) is 19.7 Å². The number of carbonyl (C=O) groups excluding carboxylic acids is 1. The van der Waals surface area contributed by atoms with Crippen molar-refractivity contribution >= 4 is 16.9 Å². The number of aromatic nitrogens is 3. The first-order valence-corrected chi connectivity index (χ1v) is 10.2. The van der Waals surface area contributed by atoms with Gasteiger partial charge < -0.3 is 14.4 Å². The Labute approximate surface area is 177 Å². The first kappa shape index (κ1) is 21.6. The summed E-state index contributed by atoms with van der Waals surface area (Å²) in [5.74, 6) is 1.66. The van der Waals surface area contributed by atoms with Crippen molar-refractivity contribution < 1.29 is 14.3 Å². The van der Waals surface area contributed by atoms with Crippen LogP contribution in [0.5, 0.6) is 11.5 Å². The quantitative estimate of drug-likeness (QED) is 0.554. The molecule has 0 aliphatic carbocycles. The predicted octanol–water partition coefficient (Wildman–Crippen LogP) is 4.30. The number of hydrogen-bond donors (Lipinski definition) is 0. The van der Waals surface area contributed by atoms with E-state index in [4.69, 9.17) is 14.5 Å². The summed E-state index contributed by atoms with van der Waals surface area (Å²) in [4.78, 5) is 19.7. The molecule has 0 radical (unpaired) electrons. The van der Waals surface area contributed by atoms with E-state index in [0.29, 0.717) is 18.7 Å². The van der Waals surface area contributed by atoms with Crippen molar-refractivity contribution in [1.29, 1.82) is 0 Å². The number of methoxy groups -OCH3 is 1. The molecule has 0 spiro atoms. The topological polar surface area (TPSA) is 69.5 Å². The fourth-order valence-electron chi connectivity index (χ4n) is 3.17. The zero-order valence-corrected chi connectivity index (χ0v) is 18.5. The smallest absolute Gasteiger partial charge is 0.254 e. The van der Waals surface area contributed by atoms with Crippen molar-refractivity contribution in [3.05, 3.63) is 47.8 Å². The molecule has 1 amide bonds. The minimum absolute atomic E-state index is 0.0639. The van der Waals surface area contributed by atoms with Crippen molar-refractivity contribution in [3.63, 3.8) is 0 Å². The fourth-order valence-corrected chi connectivity index (χ4v) is 3.17. The average molecular weight is 411 g/mol. The van der Waals surface area contributed by atoms with Gasteiger partial charge in [-0.05, 0) is 50.1 Å². The van der Waals surface area contributed by atoms with Crippen LogP contribution in [-0.2, 0) is 0 Å². The highest BCUT2D eigenvalue weighted by Crippen LogP contribution is 2.25. The molecular weight excluding hydrogens is 380 g/mol. The number of ether oxygens (including phenoxy) is 2. The zero-order valence-electron chi connectivity index (χ0n) is 18.5. The highest BCUT2D eigenvalue weighted by molar-refractivity contribution is 6.05. The second-order valence-electron chi connectivity index (χ2n) is 7.92. The van der Waals surface area contributed by atoms with Crippen LogP contribution in [0.2, 0.25) is 0 Å². The number of hydrogen-bond acceptors (Lipinski definition) is 5. The minimum Gasteiger partial charge on any atom is -0.497 e. The fraction of sp³-hybridized carbons (Fsp3) is 0.435. The maximum Gasteiger partial charge on any atom is 0.254 e. The SMILES string of the molecule is COc1ccc(OCCN(C)C(=O)c2cc(C(C)C)nc3c2cnn3C(C)C)cc1. The molecule has 0 saturated carbocycles. The third-order valence-electron chi connectivity index (χ3n) is 5.00. The summed E-state index contributed by atoms with van der Waals surface area (Å²) in [5.41, 5.74) is 2.26. The summed E-state index contributed by atoms with van der Waals surface area (Å²) in [5, 5.41) is 5.24. The number of rotatable bonds is 8. The Balaban J connectivity index is 1.77. The van der Waals surface area contributed by atoms with Gasteiger partial charge in [-0.1, -0.05) is 13.8 Å². The molecule has 7 heteroatoms. The van der Waals surface area contributed by atoms with Gasteiger partial charge in [0.2, 0.25) is 0 Å². The molecule has 0 bridgehead atoms. The molecule has 0 fully saturated rings. The Morgan fingerprint density at radius 1 is 1.13 bits per heavy atom. The highest BCUT2D eigenvalue weighted by atomic mass is 16.5. The summed E-state index contributed by atoms with van der Waals surface area (Å²) in [6, 6.07) is 9.44. The zero-order chi connectivity index (χ0) is 21.8. The molecule has 2 aromatic heterocycles. The van der Waals surface area contributed by atoms with Crippen molar-refractivity contribution in [3.8, 4) is 11.5 Å². The standard InChI is InChI=1S/C23H30N4O3/c1-15(2)21-13-19(20-14-24-27(16(3)4)22(20)25-21)23(28)26(5)11-12-30-18-9-7-17(29-6)8-10-18/h7-10,13-16H,11-12H2,1-6H3. The predicted molar refractivity (Wildman–Crippen MR) is 117 cm³/mol. The van der Waals surface area contributed by atoms with E-state index in [0.717, 1.165) is 28.2 Å². The monoisotopic (exact) mass is 410 g/mol. The number of fused-ring (bicyclic) bond motifs is 1. The van der Waals surface area contributed by atoms with Gasteiger partial charge in [0, 0.05) is 18.8 Å². The normalized spacial score (nSPS) is 11.3. The van der Waals surface area contributed by atoms with Gasteiger partial charge in [0.05, 0.1) is 30.8 Å². The molecule has 0 atom stereocenters. The van der Waals surface area contributed by atoms with Gasteiger partial charge in [0.15, 0.2) is 5.65 Å². The molecule has 7 nitrogen and oxygen atoms in total. The molecule has 2 heterocycles. The number of benzene rings is 1. The van der Waals surface area contributed by atoms with Crippen LogP contribution in [0, 0.1) is 0 Å². The van der Waals surface area contributed by atoms with Gasteiger partial charge >= 0.3 is 0 Å². The summed E-state index contributed by atoms with van der Waals surface area (Å²) in [6.45, 7) is 9.12. The third-order valence-corrected chi connectivity index (χ3v) is 5.00. The van der Waals surface area contributed by atoms with Crippen LogP contribution in [-0.4, -0.2) is 52.9 Å². The lowest BCUT2D eigenvalue weighted by atomic mass is 10.0. The molecule has 0 aliphatic heterocycles. The summed E-state index contributed by atoms with van der Waals surface area (Å²) < 4.78 is 12.8. The number of pyridine rings is 1. The van der Waals surface area contributed by atoms with Crippen molar-refractivity contribution in [2.24, 2.45) is 0 Å². The molecule has 30 heavy (non-hydrogen) atoms. The van der Waals surface area contributed by atoms with Gasteiger partial charge in [-0.15, -0.1) is 0 Å². The Kier molecular flexibility index (Phi) is 6.59. The van der Waals surface area contributed by atoms with Crippen molar-refractivity contribution in [2.75, 3.05) is 27.3 Å². The van der Waals surface area contributed by atoms with Crippen LogP contribution < -0.4 is 9.47 Å². The Morgan fingerprint density at radius 2 is 1.80 bits per heavy atom. The summed E-state index contributed by atoms with van der Waals surface area (Å²) >= 11 is 0. The van der Waals surface area contributed by atoms with E-state index in [1.54, 1.807) is 25.3 Å². The van der Waals surface area contributed by atoms with Gasteiger partial charge in [0.1, 0.15) is 18.1 Å². The van der Waals surface area contributed by atoms with Gasteiger partial charge in [0.25, 0.3) is 5.91 Å². The third kappa shape index (κ3) is 4.56. The van der Waals surface area contributed by atoms with Gasteiger partial charge in [-0.25, -0.2) is 9.67 Å². The van der Waals surface area contributed by atoms with E-state index < -0.39 is 0 Å².